The molecule has 0 spiro atoms. The van der Waals surface area contributed by atoms with E-state index < -0.39 is 0 Å². The molecule has 2 aromatic rings. The van der Waals surface area contributed by atoms with Gasteiger partial charge in [-0.25, -0.2) is 4.98 Å². The molecule has 0 aromatic carbocycles. The maximum absolute atomic E-state index is 12.5. The highest BCUT2D eigenvalue weighted by atomic mass is 16.4. The Balaban J connectivity index is 1.51. The van der Waals surface area contributed by atoms with Crippen LogP contribution in [0.4, 0.5) is 0 Å². The van der Waals surface area contributed by atoms with E-state index in [4.69, 9.17) is 4.42 Å². The summed E-state index contributed by atoms with van der Waals surface area (Å²) >= 11 is 0. The number of hydrogen-bond acceptors (Lipinski definition) is 5. The third kappa shape index (κ3) is 3.28. The highest BCUT2D eigenvalue weighted by molar-refractivity contribution is 5.92. The zero-order valence-electron chi connectivity index (χ0n) is 15.7. The zero-order chi connectivity index (χ0) is 18.3. The first kappa shape index (κ1) is 17.3. The predicted molar refractivity (Wildman–Crippen MR) is 96.7 cm³/mol. The number of aromatic nitrogens is 3. The lowest BCUT2D eigenvalue weighted by molar-refractivity contribution is 0.0717. The van der Waals surface area contributed by atoms with Gasteiger partial charge in [-0.2, -0.15) is 5.10 Å². The monoisotopic (exact) mass is 357 g/mol. The van der Waals surface area contributed by atoms with E-state index in [9.17, 15) is 4.79 Å². The van der Waals surface area contributed by atoms with Crippen molar-refractivity contribution in [1.82, 2.24) is 25.0 Å². The minimum absolute atomic E-state index is 0.171. The molecule has 2 fully saturated rings. The van der Waals surface area contributed by atoms with Crippen molar-refractivity contribution in [2.75, 3.05) is 13.1 Å². The van der Waals surface area contributed by atoms with Crippen LogP contribution in [0.5, 0.6) is 0 Å². The summed E-state index contributed by atoms with van der Waals surface area (Å²) in [7, 11) is 2.01. The Hall–Kier alpha value is -2.15. The molecule has 2 aliphatic rings. The van der Waals surface area contributed by atoms with E-state index in [1.807, 2.05) is 17.9 Å². The van der Waals surface area contributed by atoms with Crippen LogP contribution in [0.3, 0.4) is 0 Å². The molecule has 7 nitrogen and oxygen atoms in total. The largest absolute Gasteiger partial charge is 0.436 e. The van der Waals surface area contributed by atoms with Gasteiger partial charge in [-0.05, 0) is 51.1 Å². The van der Waals surface area contributed by atoms with Crippen molar-refractivity contribution in [3.8, 4) is 0 Å². The molecule has 2 aromatic heterocycles. The predicted octanol–water partition coefficient (Wildman–Crippen LogP) is 2.37. The molecule has 1 saturated carbocycles. The number of oxazole rings is 1. The van der Waals surface area contributed by atoms with Crippen LogP contribution in [0.15, 0.2) is 16.7 Å². The third-order valence-corrected chi connectivity index (χ3v) is 5.61. The average molecular weight is 357 g/mol. The molecule has 140 valence electrons. The van der Waals surface area contributed by atoms with Gasteiger partial charge in [-0.15, -0.1) is 0 Å². The number of nitrogens with one attached hydrogen (secondary N) is 1. The van der Waals surface area contributed by atoms with Gasteiger partial charge in [-0.3, -0.25) is 14.4 Å². The van der Waals surface area contributed by atoms with Crippen molar-refractivity contribution in [2.24, 2.45) is 13.0 Å². The van der Waals surface area contributed by atoms with Gasteiger partial charge < -0.3 is 9.73 Å². The Morgan fingerprint density at radius 3 is 2.77 bits per heavy atom. The maximum atomic E-state index is 12.5. The highest BCUT2D eigenvalue weighted by Gasteiger charge is 2.41. The van der Waals surface area contributed by atoms with Gasteiger partial charge in [0.1, 0.15) is 0 Å². The molecule has 0 unspecified atom stereocenters. The molecule has 4 rings (SSSR count). The quantitative estimate of drug-likeness (QED) is 0.889. The highest BCUT2D eigenvalue weighted by Crippen LogP contribution is 2.42. The summed E-state index contributed by atoms with van der Waals surface area (Å²) in [5, 5.41) is 7.46. The fraction of sp³-hybridized carbons (Fsp3) is 0.632. The van der Waals surface area contributed by atoms with E-state index >= 15 is 0 Å². The van der Waals surface area contributed by atoms with Crippen LogP contribution in [0.25, 0.3) is 0 Å². The van der Waals surface area contributed by atoms with E-state index in [1.165, 1.54) is 25.0 Å². The fourth-order valence-electron chi connectivity index (χ4n) is 4.27. The first-order chi connectivity index (χ1) is 12.5. The molecule has 7 heteroatoms. The number of rotatable bonds is 5. The van der Waals surface area contributed by atoms with Crippen molar-refractivity contribution in [1.29, 1.82) is 0 Å². The fourth-order valence-corrected chi connectivity index (χ4v) is 4.27. The van der Waals surface area contributed by atoms with E-state index in [1.54, 1.807) is 13.8 Å². The maximum Gasteiger partial charge on any atom is 0.289 e. The van der Waals surface area contributed by atoms with E-state index in [0.29, 0.717) is 41.9 Å². The summed E-state index contributed by atoms with van der Waals surface area (Å²) in [6.45, 7) is 5.33. The van der Waals surface area contributed by atoms with Crippen LogP contribution in [0.2, 0.25) is 0 Å². The van der Waals surface area contributed by atoms with Crippen molar-refractivity contribution < 1.29 is 9.21 Å². The van der Waals surface area contributed by atoms with Crippen molar-refractivity contribution in [3.63, 3.8) is 0 Å². The number of carbonyl (C=O) groups excluding carboxylic acids is 1. The van der Waals surface area contributed by atoms with Crippen LogP contribution in [-0.4, -0.2) is 44.7 Å². The lowest BCUT2D eigenvalue weighted by atomic mass is 9.86. The van der Waals surface area contributed by atoms with Gasteiger partial charge in [0.2, 0.25) is 5.76 Å². The number of amides is 1. The molecule has 3 heterocycles. The van der Waals surface area contributed by atoms with Gasteiger partial charge >= 0.3 is 0 Å². The van der Waals surface area contributed by atoms with Crippen LogP contribution in [-0.2, 0) is 7.05 Å². The molecule has 1 N–H and O–H groups in total. The SMILES string of the molecule is Cc1nc(C)c(C(=O)NC[C@@H]2CCCN(C3CC3)[C@H]2c2ccnn2C)o1. The Kier molecular flexibility index (Phi) is 4.56. The number of carbonyl (C=O) groups is 1. The first-order valence-electron chi connectivity index (χ1n) is 9.50. The number of nitrogens with zero attached hydrogens (tertiary/aromatic N) is 4. The Bertz CT molecular complexity index is 792. The molecular formula is C19H27N5O2. The number of aryl methyl sites for hydroxylation is 3. The Morgan fingerprint density at radius 1 is 1.35 bits per heavy atom. The summed E-state index contributed by atoms with van der Waals surface area (Å²) < 4.78 is 7.43. The lowest BCUT2D eigenvalue weighted by Crippen LogP contribution is -2.45. The number of hydrogen-bond donors (Lipinski definition) is 1. The van der Waals surface area contributed by atoms with Gasteiger partial charge in [0.25, 0.3) is 5.91 Å². The Labute approximate surface area is 153 Å². The van der Waals surface area contributed by atoms with Gasteiger partial charge in [0.05, 0.1) is 17.4 Å². The molecule has 2 atom stereocenters. The summed E-state index contributed by atoms with van der Waals surface area (Å²) in [5.74, 6) is 1.05. The topological polar surface area (TPSA) is 76.2 Å². The second-order valence-corrected chi connectivity index (χ2v) is 7.55. The third-order valence-electron chi connectivity index (χ3n) is 5.61. The minimum atomic E-state index is -0.171. The molecule has 1 aliphatic carbocycles. The van der Waals surface area contributed by atoms with Gasteiger partial charge in [0.15, 0.2) is 5.89 Å². The molecule has 0 bridgehead atoms. The molecule has 0 radical (unpaired) electrons. The summed E-state index contributed by atoms with van der Waals surface area (Å²) in [6, 6.07) is 3.11. The van der Waals surface area contributed by atoms with Crippen molar-refractivity contribution in [3.05, 3.63) is 35.3 Å². The standard InChI is InChI=1S/C19H27N5O2/c1-12-18(26-13(2)22-12)19(25)20-11-14-5-4-10-24(15-6-7-15)17(14)16-8-9-21-23(16)3/h8-9,14-15,17H,4-7,10-11H2,1-3H3,(H,20,25)/t14-,17+/m0/s1. The molecule has 1 aliphatic heterocycles. The summed E-state index contributed by atoms with van der Waals surface area (Å²) in [4.78, 5) is 19.3. The van der Waals surface area contributed by atoms with Crippen LogP contribution < -0.4 is 5.32 Å². The Morgan fingerprint density at radius 2 is 2.15 bits per heavy atom. The molecule has 1 amide bonds. The number of piperidine rings is 1. The van der Waals surface area contributed by atoms with E-state index in [2.05, 4.69) is 26.4 Å². The molecular weight excluding hydrogens is 330 g/mol. The van der Waals surface area contributed by atoms with E-state index in [-0.39, 0.29) is 5.91 Å². The number of likely N-dealkylation sites (tertiary alicyclic amines) is 1. The zero-order valence-corrected chi connectivity index (χ0v) is 15.7. The van der Waals surface area contributed by atoms with Crippen LogP contribution in [0, 0.1) is 19.8 Å². The normalized spacial score (nSPS) is 24.0. The summed E-state index contributed by atoms with van der Waals surface area (Å²) in [6.07, 6.45) is 6.71. The minimum Gasteiger partial charge on any atom is -0.436 e. The van der Waals surface area contributed by atoms with Crippen LogP contribution >= 0.6 is 0 Å². The van der Waals surface area contributed by atoms with Gasteiger partial charge in [-0.1, -0.05) is 0 Å². The molecule has 26 heavy (non-hydrogen) atoms. The first-order valence-corrected chi connectivity index (χ1v) is 9.50. The second kappa shape index (κ2) is 6.87. The van der Waals surface area contributed by atoms with Crippen molar-refractivity contribution >= 4 is 5.91 Å². The summed E-state index contributed by atoms with van der Waals surface area (Å²) in [5.41, 5.74) is 1.88. The molecule has 1 saturated heterocycles. The van der Waals surface area contributed by atoms with E-state index in [0.717, 1.165) is 13.0 Å². The smallest absolute Gasteiger partial charge is 0.289 e. The average Bonchev–Trinajstić information content (AvgIpc) is 3.29. The van der Waals surface area contributed by atoms with Crippen LogP contribution in [0.1, 0.15) is 59.6 Å². The second-order valence-electron chi connectivity index (χ2n) is 7.55. The lowest BCUT2D eigenvalue weighted by Gasteiger charge is -2.41. The van der Waals surface area contributed by atoms with Gasteiger partial charge in [0, 0.05) is 32.8 Å². The van der Waals surface area contributed by atoms with Crippen molar-refractivity contribution in [2.45, 2.75) is 51.6 Å².